The van der Waals surface area contributed by atoms with Crippen LogP contribution in [0.25, 0.3) is 10.9 Å². The normalized spacial score (nSPS) is 12.0. The van der Waals surface area contributed by atoms with E-state index in [2.05, 4.69) is 10.3 Å². The number of methoxy groups -OCH3 is 1. The van der Waals surface area contributed by atoms with Gasteiger partial charge in [0.15, 0.2) is 5.16 Å². The molecule has 7 nitrogen and oxygen atoms in total. The summed E-state index contributed by atoms with van der Waals surface area (Å²) in [4.78, 5) is 41.4. The largest absolute Gasteiger partial charge is 0.465 e. The third-order valence-electron chi connectivity index (χ3n) is 4.08. The third-order valence-corrected chi connectivity index (χ3v) is 5.17. The lowest BCUT2D eigenvalue weighted by atomic mass is 10.1. The van der Waals surface area contributed by atoms with Crippen molar-refractivity contribution in [2.24, 2.45) is 0 Å². The first kappa shape index (κ1) is 21.0. The molecule has 0 aliphatic rings. The quantitative estimate of drug-likeness (QED) is 0.423. The fraction of sp³-hybridized carbons (Fsp3) is 0.474. The number of nitrogens with zero attached hydrogens (tertiary/aromatic N) is 2. The number of fused-ring (bicyclic) bond motifs is 1. The van der Waals surface area contributed by atoms with Crippen molar-refractivity contribution in [3.8, 4) is 0 Å². The van der Waals surface area contributed by atoms with E-state index in [-0.39, 0.29) is 11.5 Å². The van der Waals surface area contributed by atoms with Gasteiger partial charge in [0.2, 0.25) is 5.91 Å². The van der Waals surface area contributed by atoms with Crippen molar-refractivity contribution < 1.29 is 14.3 Å². The number of nitrogens with one attached hydrogen (secondary N) is 1. The molecular formula is C19H25N3O4S. The van der Waals surface area contributed by atoms with Crippen molar-refractivity contribution in [3.63, 3.8) is 0 Å². The number of carbonyl (C=O) groups excluding carboxylic acids is 2. The van der Waals surface area contributed by atoms with Gasteiger partial charge in [0.25, 0.3) is 5.56 Å². The Hall–Kier alpha value is -2.35. The summed E-state index contributed by atoms with van der Waals surface area (Å²) in [6.07, 6.45) is 1.76. The van der Waals surface area contributed by atoms with E-state index in [0.29, 0.717) is 34.7 Å². The summed E-state index contributed by atoms with van der Waals surface area (Å²) in [5.41, 5.74) is 0.577. The number of esters is 1. The van der Waals surface area contributed by atoms with E-state index >= 15 is 0 Å². The Kier molecular flexibility index (Phi) is 7.41. The Morgan fingerprint density at radius 1 is 1.33 bits per heavy atom. The molecular weight excluding hydrogens is 366 g/mol. The number of thioether (sulfide) groups is 1. The maximum Gasteiger partial charge on any atom is 0.337 e. The first-order chi connectivity index (χ1) is 12.9. The topological polar surface area (TPSA) is 90.3 Å². The third kappa shape index (κ3) is 4.88. The van der Waals surface area contributed by atoms with Gasteiger partial charge in [-0.15, -0.1) is 0 Å². The second kappa shape index (κ2) is 9.55. The number of hydrogen-bond donors (Lipinski definition) is 1. The van der Waals surface area contributed by atoms with E-state index in [0.717, 1.165) is 12.8 Å². The fourth-order valence-corrected chi connectivity index (χ4v) is 3.54. The Morgan fingerprint density at radius 2 is 2.07 bits per heavy atom. The van der Waals surface area contributed by atoms with Crippen LogP contribution in [0.2, 0.25) is 0 Å². The van der Waals surface area contributed by atoms with Crippen LogP contribution in [0.1, 0.15) is 44.0 Å². The van der Waals surface area contributed by atoms with E-state index in [4.69, 9.17) is 4.74 Å². The number of unbranched alkanes of at least 4 members (excludes halogenated alkanes) is 1. The molecule has 0 fully saturated rings. The number of carbonyl (C=O) groups is 2. The summed E-state index contributed by atoms with van der Waals surface area (Å²) < 4.78 is 6.35. The molecule has 146 valence electrons. The summed E-state index contributed by atoms with van der Waals surface area (Å²) >= 11 is 1.24. The van der Waals surface area contributed by atoms with Gasteiger partial charge in [-0.1, -0.05) is 25.1 Å². The highest BCUT2D eigenvalue weighted by molar-refractivity contribution is 8.00. The van der Waals surface area contributed by atoms with Crippen LogP contribution in [-0.4, -0.2) is 40.3 Å². The number of amides is 1. The van der Waals surface area contributed by atoms with E-state index in [1.807, 2.05) is 13.8 Å². The van der Waals surface area contributed by atoms with Crippen LogP contribution < -0.4 is 10.9 Å². The monoisotopic (exact) mass is 391 g/mol. The molecule has 2 rings (SSSR count). The molecule has 0 bridgehead atoms. The molecule has 1 atom stereocenters. The number of rotatable bonds is 8. The predicted octanol–water partition coefficient (Wildman–Crippen LogP) is 2.60. The highest BCUT2D eigenvalue weighted by Crippen LogP contribution is 2.23. The standard InChI is InChI=1S/C19H25N3O4S/c1-5-7-10-22-17(24)14-9-8-13(18(25)26-4)11-15(14)21-19(22)27-12(3)16(23)20-6-2/h8-9,11-12H,5-7,10H2,1-4H3,(H,20,23)/t12-/m1/s1. The van der Waals surface area contributed by atoms with Crippen LogP contribution in [-0.2, 0) is 16.1 Å². The summed E-state index contributed by atoms with van der Waals surface area (Å²) in [5, 5.41) is 3.29. The van der Waals surface area contributed by atoms with Gasteiger partial charge in [-0.05, 0) is 38.5 Å². The average Bonchev–Trinajstić information content (AvgIpc) is 2.66. The van der Waals surface area contributed by atoms with Crippen molar-refractivity contribution in [1.29, 1.82) is 0 Å². The minimum Gasteiger partial charge on any atom is -0.465 e. The van der Waals surface area contributed by atoms with Gasteiger partial charge >= 0.3 is 5.97 Å². The highest BCUT2D eigenvalue weighted by Gasteiger charge is 2.19. The molecule has 1 aromatic heterocycles. The molecule has 0 aliphatic heterocycles. The van der Waals surface area contributed by atoms with Gasteiger partial charge < -0.3 is 10.1 Å². The first-order valence-electron chi connectivity index (χ1n) is 9.00. The molecule has 0 aliphatic carbocycles. The van der Waals surface area contributed by atoms with Gasteiger partial charge in [0.05, 0.1) is 28.8 Å². The van der Waals surface area contributed by atoms with Gasteiger partial charge in [0.1, 0.15) is 0 Å². The van der Waals surface area contributed by atoms with Crippen molar-refractivity contribution in [2.75, 3.05) is 13.7 Å². The minimum atomic E-state index is -0.487. The Bertz CT molecular complexity index is 894. The van der Waals surface area contributed by atoms with Gasteiger partial charge in [0, 0.05) is 13.1 Å². The number of hydrogen-bond acceptors (Lipinski definition) is 6. The number of aromatic nitrogens is 2. The molecule has 1 heterocycles. The molecule has 0 saturated heterocycles. The lowest BCUT2D eigenvalue weighted by Gasteiger charge is -2.16. The van der Waals surface area contributed by atoms with Crippen LogP contribution in [0, 0.1) is 0 Å². The smallest absolute Gasteiger partial charge is 0.337 e. The molecule has 0 radical (unpaired) electrons. The molecule has 0 saturated carbocycles. The fourth-order valence-electron chi connectivity index (χ4n) is 2.58. The maximum atomic E-state index is 13.0. The minimum absolute atomic E-state index is 0.109. The van der Waals surface area contributed by atoms with Crippen LogP contribution in [0.15, 0.2) is 28.2 Å². The van der Waals surface area contributed by atoms with Crippen molar-refractivity contribution in [1.82, 2.24) is 14.9 Å². The zero-order chi connectivity index (χ0) is 20.0. The molecule has 1 aromatic carbocycles. The number of benzene rings is 1. The summed E-state index contributed by atoms with van der Waals surface area (Å²) in [6.45, 7) is 6.75. The van der Waals surface area contributed by atoms with E-state index in [1.54, 1.807) is 29.7 Å². The lowest BCUT2D eigenvalue weighted by molar-refractivity contribution is -0.120. The maximum absolute atomic E-state index is 13.0. The molecule has 0 unspecified atom stereocenters. The zero-order valence-corrected chi connectivity index (χ0v) is 16.9. The van der Waals surface area contributed by atoms with Gasteiger partial charge in [-0.3, -0.25) is 14.2 Å². The van der Waals surface area contributed by atoms with Crippen LogP contribution in [0.5, 0.6) is 0 Å². The van der Waals surface area contributed by atoms with Gasteiger partial charge in [-0.2, -0.15) is 0 Å². The highest BCUT2D eigenvalue weighted by atomic mass is 32.2. The van der Waals surface area contributed by atoms with Crippen LogP contribution in [0.4, 0.5) is 0 Å². The Labute approximate surface area is 162 Å². The molecule has 1 amide bonds. The number of ether oxygens (including phenoxy) is 1. The Balaban J connectivity index is 2.54. The van der Waals surface area contributed by atoms with E-state index < -0.39 is 11.2 Å². The lowest BCUT2D eigenvalue weighted by Crippen LogP contribution is -2.32. The first-order valence-corrected chi connectivity index (χ1v) is 9.88. The second-order valence-electron chi connectivity index (χ2n) is 6.08. The van der Waals surface area contributed by atoms with E-state index in [9.17, 15) is 14.4 Å². The summed E-state index contributed by atoms with van der Waals surface area (Å²) in [6, 6.07) is 4.71. The molecule has 2 aromatic rings. The second-order valence-corrected chi connectivity index (χ2v) is 7.39. The zero-order valence-electron chi connectivity index (χ0n) is 16.1. The van der Waals surface area contributed by atoms with Crippen molar-refractivity contribution in [2.45, 2.75) is 50.6 Å². The van der Waals surface area contributed by atoms with Crippen LogP contribution in [0.3, 0.4) is 0 Å². The predicted molar refractivity (Wildman–Crippen MR) is 106 cm³/mol. The van der Waals surface area contributed by atoms with E-state index in [1.165, 1.54) is 18.9 Å². The molecule has 1 N–H and O–H groups in total. The average molecular weight is 391 g/mol. The SMILES string of the molecule is CCCCn1c(S[C@H](C)C(=O)NCC)nc2cc(C(=O)OC)ccc2c1=O. The summed E-state index contributed by atoms with van der Waals surface area (Å²) in [7, 11) is 1.30. The summed E-state index contributed by atoms with van der Waals surface area (Å²) in [5.74, 6) is -0.596. The molecule has 27 heavy (non-hydrogen) atoms. The van der Waals surface area contributed by atoms with Gasteiger partial charge in [-0.25, -0.2) is 9.78 Å². The Morgan fingerprint density at radius 3 is 2.70 bits per heavy atom. The van der Waals surface area contributed by atoms with Crippen molar-refractivity contribution in [3.05, 3.63) is 34.1 Å². The molecule has 0 spiro atoms. The molecule has 8 heteroatoms. The van der Waals surface area contributed by atoms with Crippen molar-refractivity contribution >= 4 is 34.5 Å². The van der Waals surface area contributed by atoms with Crippen LogP contribution >= 0.6 is 11.8 Å².